The lowest BCUT2D eigenvalue weighted by molar-refractivity contribution is 0.335. The SMILES string of the molecule is CNCC(F)c1ccc(C)cc1. The number of hydrogen-bond acceptors (Lipinski definition) is 1. The molecule has 0 fully saturated rings. The van der Waals surface area contributed by atoms with Crippen LogP contribution in [0.4, 0.5) is 4.39 Å². The van der Waals surface area contributed by atoms with Gasteiger partial charge in [-0.05, 0) is 19.5 Å². The third-order valence-corrected chi connectivity index (χ3v) is 1.82. The van der Waals surface area contributed by atoms with Crippen LogP contribution in [0.1, 0.15) is 17.3 Å². The molecular formula is C10H14FN. The summed E-state index contributed by atoms with van der Waals surface area (Å²) in [4.78, 5) is 0. The van der Waals surface area contributed by atoms with Crippen molar-refractivity contribution in [2.45, 2.75) is 13.1 Å². The lowest BCUT2D eigenvalue weighted by Gasteiger charge is -2.07. The molecule has 0 saturated carbocycles. The number of alkyl halides is 1. The summed E-state index contributed by atoms with van der Waals surface area (Å²) in [7, 11) is 1.75. The normalized spacial score (nSPS) is 12.9. The Morgan fingerprint density at radius 3 is 2.42 bits per heavy atom. The maximum Gasteiger partial charge on any atom is 0.137 e. The Balaban J connectivity index is 2.68. The Morgan fingerprint density at radius 2 is 1.92 bits per heavy atom. The fraction of sp³-hybridized carbons (Fsp3) is 0.400. The highest BCUT2D eigenvalue weighted by Crippen LogP contribution is 2.16. The molecule has 0 aromatic heterocycles. The molecule has 0 aliphatic carbocycles. The van der Waals surface area contributed by atoms with Crippen LogP contribution in [0.15, 0.2) is 24.3 Å². The van der Waals surface area contributed by atoms with Crippen LogP contribution in [0.2, 0.25) is 0 Å². The van der Waals surface area contributed by atoms with Gasteiger partial charge in [0.2, 0.25) is 0 Å². The molecule has 0 bridgehead atoms. The van der Waals surface area contributed by atoms with Gasteiger partial charge in [0.1, 0.15) is 6.17 Å². The van der Waals surface area contributed by atoms with Crippen LogP contribution >= 0.6 is 0 Å². The van der Waals surface area contributed by atoms with Gasteiger partial charge in [-0.1, -0.05) is 29.8 Å². The first-order valence-electron chi connectivity index (χ1n) is 4.09. The summed E-state index contributed by atoms with van der Waals surface area (Å²) in [6, 6.07) is 7.52. The van der Waals surface area contributed by atoms with Crippen molar-refractivity contribution in [3.63, 3.8) is 0 Å². The minimum Gasteiger partial charge on any atom is -0.317 e. The molecule has 1 unspecified atom stereocenters. The number of likely N-dealkylation sites (N-methyl/N-ethyl adjacent to an activating group) is 1. The van der Waals surface area contributed by atoms with Crippen LogP contribution in [0.3, 0.4) is 0 Å². The van der Waals surface area contributed by atoms with Crippen LogP contribution in [0, 0.1) is 6.92 Å². The van der Waals surface area contributed by atoms with Crippen LogP contribution in [-0.2, 0) is 0 Å². The van der Waals surface area contributed by atoms with E-state index >= 15 is 0 Å². The van der Waals surface area contributed by atoms with Crippen molar-refractivity contribution in [3.8, 4) is 0 Å². The molecule has 0 saturated heterocycles. The average Bonchev–Trinajstić information content (AvgIpc) is 2.06. The zero-order valence-electron chi connectivity index (χ0n) is 7.47. The Labute approximate surface area is 72.6 Å². The summed E-state index contributed by atoms with van der Waals surface area (Å²) < 4.78 is 13.2. The van der Waals surface area contributed by atoms with E-state index < -0.39 is 6.17 Å². The van der Waals surface area contributed by atoms with E-state index in [0.29, 0.717) is 6.54 Å². The Hall–Kier alpha value is -0.890. The molecule has 1 aromatic rings. The molecular weight excluding hydrogens is 153 g/mol. The Kier molecular flexibility index (Phi) is 3.23. The summed E-state index contributed by atoms with van der Waals surface area (Å²) in [5.41, 5.74) is 1.91. The van der Waals surface area contributed by atoms with Crippen molar-refractivity contribution in [1.29, 1.82) is 0 Å². The number of rotatable bonds is 3. The van der Waals surface area contributed by atoms with E-state index in [1.807, 2.05) is 31.2 Å². The predicted molar refractivity (Wildman–Crippen MR) is 49.0 cm³/mol. The fourth-order valence-corrected chi connectivity index (χ4v) is 1.07. The molecule has 1 nitrogen and oxygen atoms in total. The Morgan fingerprint density at radius 1 is 1.33 bits per heavy atom. The van der Waals surface area contributed by atoms with Gasteiger partial charge in [0.25, 0.3) is 0 Å². The van der Waals surface area contributed by atoms with Gasteiger partial charge >= 0.3 is 0 Å². The van der Waals surface area contributed by atoms with Gasteiger partial charge in [0.05, 0.1) is 0 Å². The quantitative estimate of drug-likeness (QED) is 0.728. The van der Waals surface area contributed by atoms with Gasteiger partial charge in [-0.25, -0.2) is 4.39 Å². The molecule has 66 valence electrons. The van der Waals surface area contributed by atoms with Gasteiger partial charge < -0.3 is 5.32 Å². The molecule has 12 heavy (non-hydrogen) atoms. The van der Waals surface area contributed by atoms with Gasteiger partial charge in [0.15, 0.2) is 0 Å². The second-order valence-electron chi connectivity index (χ2n) is 2.94. The third kappa shape index (κ3) is 2.31. The highest BCUT2D eigenvalue weighted by Gasteiger charge is 2.06. The van der Waals surface area contributed by atoms with E-state index in [4.69, 9.17) is 0 Å². The maximum absolute atomic E-state index is 13.2. The molecule has 0 aliphatic rings. The summed E-state index contributed by atoms with van der Waals surface area (Å²) in [6.07, 6.45) is -0.893. The molecule has 0 amide bonds. The zero-order chi connectivity index (χ0) is 8.97. The van der Waals surface area contributed by atoms with Crippen LogP contribution < -0.4 is 5.32 Å². The monoisotopic (exact) mass is 167 g/mol. The summed E-state index contributed by atoms with van der Waals surface area (Å²) >= 11 is 0. The summed E-state index contributed by atoms with van der Waals surface area (Å²) in [6.45, 7) is 2.37. The van der Waals surface area contributed by atoms with Crippen LogP contribution in [0.25, 0.3) is 0 Å². The van der Waals surface area contributed by atoms with Gasteiger partial charge in [-0.2, -0.15) is 0 Å². The highest BCUT2D eigenvalue weighted by atomic mass is 19.1. The van der Waals surface area contributed by atoms with Gasteiger partial charge in [-0.3, -0.25) is 0 Å². The van der Waals surface area contributed by atoms with Crippen LogP contribution in [-0.4, -0.2) is 13.6 Å². The molecule has 0 aliphatic heterocycles. The molecule has 1 N–H and O–H groups in total. The number of hydrogen-bond donors (Lipinski definition) is 1. The van der Waals surface area contributed by atoms with E-state index in [0.717, 1.165) is 11.1 Å². The number of aryl methyl sites for hydroxylation is 1. The first-order valence-corrected chi connectivity index (χ1v) is 4.09. The predicted octanol–water partition coefficient (Wildman–Crippen LogP) is 2.23. The third-order valence-electron chi connectivity index (χ3n) is 1.82. The van der Waals surface area contributed by atoms with Gasteiger partial charge in [0, 0.05) is 6.54 Å². The average molecular weight is 167 g/mol. The van der Waals surface area contributed by atoms with E-state index in [-0.39, 0.29) is 0 Å². The molecule has 1 aromatic carbocycles. The first-order chi connectivity index (χ1) is 5.74. The second-order valence-corrected chi connectivity index (χ2v) is 2.94. The molecule has 2 heteroatoms. The van der Waals surface area contributed by atoms with Crippen molar-refractivity contribution >= 4 is 0 Å². The minimum absolute atomic E-state index is 0.378. The van der Waals surface area contributed by atoms with Crippen molar-refractivity contribution in [2.24, 2.45) is 0 Å². The highest BCUT2D eigenvalue weighted by molar-refractivity contribution is 5.23. The van der Waals surface area contributed by atoms with E-state index in [1.165, 1.54) is 0 Å². The molecule has 0 spiro atoms. The van der Waals surface area contributed by atoms with Crippen molar-refractivity contribution in [1.82, 2.24) is 5.32 Å². The zero-order valence-corrected chi connectivity index (χ0v) is 7.47. The van der Waals surface area contributed by atoms with E-state index in [9.17, 15) is 4.39 Å². The molecule has 1 rings (SSSR count). The smallest absolute Gasteiger partial charge is 0.137 e. The van der Waals surface area contributed by atoms with E-state index in [2.05, 4.69) is 5.32 Å². The van der Waals surface area contributed by atoms with Crippen molar-refractivity contribution in [2.75, 3.05) is 13.6 Å². The number of benzene rings is 1. The first kappa shape index (κ1) is 9.20. The molecule has 0 radical (unpaired) electrons. The standard InChI is InChI=1S/C10H14FN/c1-8-3-5-9(6-4-8)10(11)7-12-2/h3-6,10,12H,7H2,1-2H3. The minimum atomic E-state index is -0.893. The lowest BCUT2D eigenvalue weighted by atomic mass is 10.1. The van der Waals surface area contributed by atoms with Gasteiger partial charge in [-0.15, -0.1) is 0 Å². The Bertz CT molecular complexity index is 230. The number of nitrogens with one attached hydrogen (secondary N) is 1. The van der Waals surface area contributed by atoms with Crippen LogP contribution in [0.5, 0.6) is 0 Å². The molecule has 1 atom stereocenters. The second kappa shape index (κ2) is 4.21. The lowest BCUT2D eigenvalue weighted by Crippen LogP contribution is -2.13. The van der Waals surface area contributed by atoms with E-state index in [1.54, 1.807) is 7.05 Å². The summed E-state index contributed by atoms with van der Waals surface area (Å²) in [5, 5.41) is 2.81. The molecule has 0 heterocycles. The fourth-order valence-electron chi connectivity index (χ4n) is 1.07. The topological polar surface area (TPSA) is 12.0 Å². The summed E-state index contributed by atoms with van der Waals surface area (Å²) in [5.74, 6) is 0. The van der Waals surface area contributed by atoms with Crippen molar-refractivity contribution in [3.05, 3.63) is 35.4 Å². The van der Waals surface area contributed by atoms with Crippen molar-refractivity contribution < 1.29 is 4.39 Å². The largest absolute Gasteiger partial charge is 0.317 e. The number of halogens is 1. The maximum atomic E-state index is 13.2.